The number of hydrogen-bond acceptors (Lipinski definition) is 3. The Morgan fingerprint density at radius 1 is 1.29 bits per heavy atom. The van der Waals surface area contributed by atoms with Crippen molar-refractivity contribution in [3.8, 4) is 0 Å². The van der Waals surface area contributed by atoms with Gasteiger partial charge in [-0.05, 0) is 37.6 Å². The van der Waals surface area contributed by atoms with E-state index in [0.29, 0.717) is 0 Å². The van der Waals surface area contributed by atoms with E-state index in [1.54, 1.807) is 0 Å². The number of rotatable bonds is 3. The van der Waals surface area contributed by atoms with Crippen LogP contribution in [-0.4, -0.2) is 24.6 Å². The van der Waals surface area contributed by atoms with Crippen LogP contribution in [0.25, 0.3) is 10.9 Å². The highest BCUT2D eigenvalue weighted by Crippen LogP contribution is 2.18. The third-order valence-corrected chi connectivity index (χ3v) is 2.79. The number of benzene rings is 1. The van der Waals surface area contributed by atoms with Gasteiger partial charge in [-0.15, -0.1) is 0 Å². The molecule has 0 spiro atoms. The van der Waals surface area contributed by atoms with Crippen LogP contribution in [0, 0.1) is 6.92 Å². The van der Waals surface area contributed by atoms with Crippen molar-refractivity contribution in [2.75, 3.05) is 18.5 Å². The minimum Gasteiger partial charge on any atom is -0.358 e. The molecule has 1 aromatic carbocycles. The first-order chi connectivity index (χ1) is 8.06. The highest BCUT2D eigenvalue weighted by atomic mass is 15.2. The van der Waals surface area contributed by atoms with Gasteiger partial charge in [-0.1, -0.05) is 12.1 Å². The summed E-state index contributed by atoms with van der Waals surface area (Å²) in [5, 5.41) is 1.17. The number of nitrogens with zero attached hydrogens (tertiary/aromatic N) is 2. The molecule has 0 saturated heterocycles. The molecule has 0 aliphatic heterocycles. The molecule has 0 aliphatic rings. The predicted octanol–water partition coefficient (Wildman–Crippen LogP) is 2.33. The molecule has 3 nitrogen and oxygen atoms in total. The lowest BCUT2D eigenvalue weighted by atomic mass is 10.1. The average molecular weight is 229 g/mol. The second kappa shape index (κ2) is 4.72. The van der Waals surface area contributed by atoms with Gasteiger partial charge in [-0.2, -0.15) is 0 Å². The summed E-state index contributed by atoms with van der Waals surface area (Å²) in [6, 6.07) is 10.6. The summed E-state index contributed by atoms with van der Waals surface area (Å²) < 4.78 is 0. The lowest BCUT2D eigenvalue weighted by molar-refractivity contribution is 0.713. The molecular formula is C14H19N3. The molecule has 1 heterocycles. The maximum absolute atomic E-state index is 5.80. The molecule has 0 aliphatic carbocycles. The molecule has 0 bridgehead atoms. The van der Waals surface area contributed by atoms with E-state index in [9.17, 15) is 0 Å². The molecule has 0 saturated carbocycles. The van der Waals surface area contributed by atoms with Gasteiger partial charge in [0.15, 0.2) is 0 Å². The Morgan fingerprint density at radius 3 is 2.71 bits per heavy atom. The zero-order chi connectivity index (χ0) is 12.4. The topological polar surface area (TPSA) is 42.1 Å². The van der Waals surface area contributed by atoms with E-state index in [4.69, 9.17) is 5.73 Å². The molecule has 1 unspecified atom stereocenters. The van der Waals surface area contributed by atoms with Crippen LogP contribution < -0.4 is 10.6 Å². The first-order valence-electron chi connectivity index (χ1n) is 5.90. The molecule has 0 fully saturated rings. The van der Waals surface area contributed by atoms with Crippen molar-refractivity contribution < 1.29 is 0 Å². The normalized spacial score (nSPS) is 12.7. The van der Waals surface area contributed by atoms with Crippen molar-refractivity contribution in [2.45, 2.75) is 19.9 Å². The SMILES string of the molecule is Cc1ccc2ccc(N(C)CC(C)N)nc2c1. The van der Waals surface area contributed by atoms with Crippen molar-refractivity contribution in [2.24, 2.45) is 5.73 Å². The van der Waals surface area contributed by atoms with Crippen molar-refractivity contribution in [3.05, 3.63) is 35.9 Å². The van der Waals surface area contributed by atoms with Gasteiger partial charge in [0.05, 0.1) is 5.52 Å². The molecule has 0 amide bonds. The summed E-state index contributed by atoms with van der Waals surface area (Å²) in [6.45, 7) is 4.89. The van der Waals surface area contributed by atoms with Gasteiger partial charge in [0.2, 0.25) is 0 Å². The zero-order valence-corrected chi connectivity index (χ0v) is 10.6. The van der Waals surface area contributed by atoms with E-state index >= 15 is 0 Å². The maximum Gasteiger partial charge on any atom is 0.129 e. The molecule has 2 rings (SSSR count). The lowest BCUT2D eigenvalue weighted by Crippen LogP contribution is -2.33. The Hall–Kier alpha value is -1.61. The number of anilines is 1. The number of nitrogens with two attached hydrogens (primary N) is 1. The number of hydrogen-bond donors (Lipinski definition) is 1. The Balaban J connectivity index is 2.36. The van der Waals surface area contributed by atoms with Crippen molar-refractivity contribution in [1.29, 1.82) is 0 Å². The molecule has 3 heteroatoms. The lowest BCUT2D eigenvalue weighted by Gasteiger charge is -2.20. The van der Waals surface area contributed by atoms with Crippen LogP contribution in [0.1, 0.15) is 12.5 Å². The third-order valence-electron chi connectivity index (χ3n) is 2.79. The molecule has 2 aromatic rings. The predicted molar refractivity (Wildman–Crippen MR) is 73.4 cm³/mol. The van der Waals surface area contributed by atoms with E-state index in [-0.39, 0.29) is 6.04 Å². The van der Waals surface area contributed by atoms with Crippen LogP contribution in [0.15, 0.2) is 30.3 Å². The van der Waals surface area contributed by atoms with Crippen LogP contribution in [0.3, 0.4) is 0 Å². The van der Waals surface area contributed by atoms with Crippen LogP contribution in [-0.2, 0) is 0 Å². The third kappa shape index (κ3) is 2.74. The Morgan fingerprint density at radius 2 is 2.00 bits per heavy atom. The second-order valence-corrected chi connectivity index (χ2v) is 4.72. The first kappa shape index (κ1) is 11.9. The minimum absolute atomic E-state index is 0.148. The van der Waals surface area contributed by atoms with Crippen LogP contribution >= 0.6 is 0 Å². The van der Waals surface area contributed by atoms with Gasteiger partial charge in [0.1, 0.15) is 5.82 Å². The fourth-order valence-corrected chi connectivity index (χ4v) is 1.95. The summed E-state index contributed by atoms with van der Waals surface area (Å²) in [5.74, 6) is 0.973. The Labute approximate surface area is 102 Å². The van der Waals surface area contributed by atoms with E-state index in [2.05, 4.69) is 41.1 Å². The number of aryl methyl sites for hydroxylation is 1. The fourth-order valence-electron chi connectivity index (χ4n) is 1.95. The Kier molecular flexibility index (Phi) is 3.29. The number of pyridine rings is 1. The largest absolute Gasteiger partial charge is 0.358 e. The van der Waals surface area contributed by atoms with Gasteiger partial charge in [-0.3, -0.25) is 0 Å². The standard InChI is InChI=1S/C14H19N3/c1-10-4-5-12-6-7-14(16-13(12)8-10)17(3)9-11(2)15/h4-8,11H,9,15H2,1-3H3. The van der Waals surface area contributed by atoms with E-state index in [1.807, 2.05) is 20.0 Å². The number of likely N-dealkylation sites (N-methyl/N-ethyl adjacent to an activating group) is 1. The summed E-state index contributed by atoms with van der Waals surface area (Å²) in [4.78, 5) is 6.75. The monoisotopic (exact) mass is 229 g/mol. The quantitative estimate of drug-likeness (QED) is 0.878. The van der Waals surface area contributed by atoms with Gasteiger partial charge in [0, 0.05) is 25.0 Å². The van der Waals surface area contributed by atoms with Crippen LogP contribution in [0.5, 0.6) is 0 Å². The van der Waals surface area contributed by atoms with Gasteiger partial charge >= 0.3 is 0 Å². The van der Waals surface area contributed by atoms with Crippen molar-refractivity contribution in [3.63, 3.8) is 0 Å². The maximum atomic E-state index is 5.80. The van der Waals surface area contributed by atoms with Crippen LogP contribution in [0.4, 0.5) is 5.82 Å². The van der Waals surface area contributed by atoms with Gasteiger partial charge in [0.25, 0.3) is 0 Å². The molecule has 2 N–H and O–H groups in total. The molecule has 90 valence electrons. The molecule has 1 aromatic heterocycles. The van der Waals surface area contributed by atoms with E-state index < -0.39 is 0 Å². The van der Waals surface area contributed by atoms with E-state index in [0.717, 1.165) is 17.9 Å². The second-order valence-electron chi connectivity index (χ2n) is 4.72. The summed E-state index contributed by atoms with van der Waals surface area (Å²) in [5.41, 5.74) is 8.07. The first-order valence-corrected chi connectivity index (χ1v) is 5.90. The highest BCUT2D eigenvalue weighted by molar-refractivity contribution is 5.80. The summed E-state index contributed by atoms with van der Waals surface area (Å²) >= 11 is 0. The van der Waals surface area contributed by atoms with E-state index in [1.165, 1.54) is 10.9 Å². The fraction of sp³-hybridized carbons (Fsp3) is 0.357. The van der Waals surface area contributed by atoms with Crippen LogP contribution in [0.2, 0.25) is 0 Å². The molecule has 1 atom stereocenters. The number of aromatic nitrogens is 1. The summed E-state index contributed by atoms with van der Waals surface area (Å²) in [6.07, 6.45) is 0. The van der Waals surface area contributed by atoms with Crippen molar-refractivity contribution in [1.82, 2.24) is 4.98 Å². The summed E-state index contributed by atoms with van der Waals surface area (Å²) in [7, 11) is 2.02. The molecule has 0 radical (unpaired) electrons. The Bertz CT molecular complexity index is 520. The average Bonchev–Trinajstić information content (AvgIpc) is 2.27. The molecule has 17 heavy (non-hydrogen) atoms. The van der Waals surface area contributed by atoms with Crippen molar-refractivity contribution >= 4 is 16.7 Å². The van der Waals surface area contributed by atoms with Gasteiger partial charge < -0.3 is 10.6 Å². The zero-order valence-electron chi connectivity index (χ0n) is 10.6. The highest BCUT2D eigenvalue weighted by Gasteiger charge is 2.05. The minimum atomic E-state index is 0.148. The van der Waals surface area contributed by atoms with Gasteiger partial charge in [-0.25, -0.2) is 4.98 Å². The molecular weight excluding hydrogens is 210 g/mol. The smallest absolute Gasteiger partial charge is 0.129 e. The number of fused-ring (bicyclic) bond motifs is 1.